The molecule has 1 aromatic heterocycles. The van der Waals surface area contributed by atoms with Crippen molar-refractivity contribution < 1.29 is 13.9 Å². The highest BCUT2D eigenvalue weighted by Gasteiger charge is 2.18. The van der Waals surface area contributed by atoms with Gasteiger partial charge in [0.1, 0.15) is 17.9 Å². The number of carbonyl (C=O) groups is 1. The van der Waals surface area contributed by atoms with E-state index in [9.17, 15) is 9.59 Å². The maximum absolute atomic E-state index is 12.7. The number of nitrogens with one attached hydrogen (secondary N) is 1. The van der Waals surface area contributed by atoms with Crippen LogP contribution < -0.4 is 5.43 Å². The van der Waals surface area contributed by atoms with Gasteiger partial charge in [-0.15, -0.1) is 0 Å². The standard InChI is InChI=1S/C19H15NO4/c1-12-16(21)14-8-5-9-15(19(22)23-11-10-20)18(14)24-17(12)13-6-3-2-4-7-13/h2-10,20H,11H2,1H3. The second kappa shape index (κ2) is 6.50. The highest BCUT2D eigenvalue weighted by molar-refractivity contribution is 6.02. The number of esters is 1. The van der Waals surface area contributed by atoms with Gasteiger partial charge < -0.3 is 14.6 Å². The Bertz CT molecular complexity index is 974. The Morgan fingerprint density at radius 3 is 2.62 bits per heavy atom. The second-order valence-electron chi connectivity index (χ2n) is 5.24. The van der Waals surface area contributed by atoms with E-state index in [0.29, 0.717) is 16.7 Å². The van der Waals surface area contributed by atoms with Crippen molar-refractivity contribution in [3.8, 4) is 11.3 Å². The van der Waals surface area contributed by atoms with Crippen LogP contribution >= 0.6 is 0 Å². The summed E-state index contributed by atoms with van der Waals surface area (Å²) in [6.07, 6.45) is 0.985. The van der Waals surface area contributed by atoms with Gasteiger partial charge in [-0.25, -0.2) is 4.79 Å². The Balaban J connectivity index is 2.26. The third kappa shape index (κ3) is 2.72. The zero-order valence-corrected chi connectivity index (χ0v) is 13.0. The lowest BCUT2D eigenvalue weighted by Crippen LogP contribution is -2.12. The molecular weight excluding hydrogens is 306 g/mol. The minimum absolute atomic E-state index is 0.128. The Kier molecular flexibility index (Phi) is 4.24. The lowest BCUT2D eigenvalue weighted by Gasteiger charge is -2.10. The van der Waals surface area contributed by atoms with E-state index < -0.39 is 5.97 Å². The van der Waals surface area contributed by atoms with E-state index in [1.165, 1.54) is 0 Å². The van der Waals surface area contributed by atoms with Crippen LogP contribution in [0.2, 0.25) is 0 Å². The lowest BCUT2D eigenvalue weighted by molar-refractivity contribution is 0.0567. The molecule has 0 aliphatic rings. The number of para-hydroxylation sites is 1. The van der Waals surface area contributed by atoms with Crippen LogP contribution in [0, 0.1) is 12.3 Å². The van der Waals surface area contributed by atoms with Crippen molar-refractivity contribution in [1.29, 1.82) is 5.41 Å². The SMILES string of the molecule is Cc1c(-c2ccccc2)oc2c(C(=O)OCC=N)cccc2c1=O. The highest BCUT2D eigenvalue weighted by Crippen LogP contribution is 2.27. The molecule has 0 bridgehead atoms. The molecule has 0 aliphatic carbocycles. The van der Waals surface area contributed by atoms with Gasteiger partial charge >= 0.3 is 5.97 Å². The van der Waals surface area contributed by atoms with Crippen LogP contribution in [0.1, 0.15) is 15.9 Å². The Labute approximate surface area is 138 Å². The molecule has 1 heterocycles. The molecule has 0 amide bonds. The predicted molar refractivity (Wildman–Crippen MR) is 91.7 cm³/mol. The molecular formula is C19H15NO4. The Morgan fingerprint density at radius 1 is 1.17 bits per heavy atom. The summed E-state index contributed by atoms with van der Waals surface area (Å²) in [4.78, 5) is 24.8. The quantitative estimate of drug-likeness (QED) is 0.588. The molecule has 0 radical (unpaired) electrons. The van der Waals surface area contributed by atoms with E-state index in [-0.39, 0.29) is 23.2 Å². The number of ether oxygens (including phenoxy) is 1. The van der Waals surface area contributed by atoms with E-state index in [0.717, 1.165) is 11.8 Å². The van der Waals surface area contributed by atoms with E-state index in [1.807, 2.05) is 30.3 Å². The maximum Gasteiger partial charge on any atom is 0.342 e. The highest BCUT2D eigenvalue weighted by atomic mass is 16.5. The topological polar surface area (TPSA) is 80.4 Å². The Morgan fingerprint density at radius 2 is 1.92 bits per heavy atom. The van der Waals surface area contributed by atoms with Crippen LogP contribution in [0.15, 0.2) is 57.7 Å². The summed E-state index contributed by atoms with van der Waals surface area (Å²) < 4.78 is 10.9. The Hall–Kier alpha value is -3.21. The molecule has 5 heteroatoms. The van der Waals surface area contributed by atoms with Crippen molar-refractivity contribution in [2.45, 2.75) is 6.92 Å². The second-order valence-corrected chi connectivity index (χ2v) is 5.24. The van der Waals surface area contributed by atoms with Crippen LogP contribution in [0.25, 0.3) is 22.3 Å². The normalized spacial score (nSPS) is 10.5. The lowest BCUT2D eigenvalue weighted by atomic mass is 10.0. The van der Waals surface area contributed by atoms with Gasteiger partial charge in [0, 0.05) is 17.3 Å². The van der Waals surface area contributed by atoms with Crippen molar-refractivity contribution >= 4 is 23.2 Å². The summed E-state index contributed by atoms with van der Waals surface area (Å²) >= 11 is 0. The molecule has 120 valence electrons. The molecule has 0 unspecified atom stereocenters. The molecule has 3 rings (SSSR count). The van der Waals surface area contributed by atoms with Crippen molar-refractivity contribution in [2.75, 3.05) is 6.61 Å². The predicted octanol–water partition coefficient (Wildman–Crippen LogP) is 3.57. The van der Waals surface area contributed by atoms with Crippen molar-refractivity contribution in [3.63, 3.8) is 0 Å². The minimum Gasteiger partial charge on any atom is -0.456 e. The molecule has 0 atom stereocenters. The average molecular weight is 321 g/mol. The molecule has 0 saturated heterocycles. The molecule has 0 spiro atoms. The van der Waals surface area contributed by atoms with Gasteiger partial charge in [-0.2, -0.15) is 0 Å². The van der Waals surface area contributed by atoms with Gasteiger partial charge in [0.05, 0.1) is 5.39 Å². The number of hydrogen-bond donors (Lipinski definition) is 1. The summed E-state index contributed by atoms with van der Waals surface area (Å²) in [7, 11) is 0. The first-order valence-corrected chi connectivity index (χ1v) is 7.41. The van der Waals surface area contributed by atoms with Gasteiger partial charge in [-0.1, -0.05) is 36.4 Å². The number of carbonyl (C=O) groups excluding carboxylic acids is 1. The number of rotatable bonds is 4. The maximum atomic E-state index is 12.7. The van der Waals surface area contributed by atoms with Crippen LogP contribution in [-0.2, 0) is 4.74 Å². The van der Waals surface area contributed by atoms with Gasteiger partial charge in [0.2, 0.25) is 0 Å². The van der Waals surface area contributed by atoms with E-state index >= 15 is 0 Å². The van der Waals surface area contributed by atoms with Crippen LogP contribution in [0.5, 0.6) is 0 Å². The van der Waals surface area contributed by atoms with E-state index in [4.69, 9.17) is 14.6 Å². The monoisotopic (exact) mass is 321 g/mol. The first kappa shape index (κ1) is 15.7. The van der Waals surface area contributed by atoms with Gasteiger partial charge in [-0.05, 0) is 19.1 Å². The third-order valence-corrected chi connectivity index (χ3v) is 3.70. The molecule has 3 aromatic rings. The average Bonchev–Trinajstić information content (AvgIpc) is 2.63. The smallest absolute Gasteiger partial charge is 0.342 e. The van der Waals surface area contributed by atoms with Crippen LogP contribution in [-0.4, -0.2) is 18.8 Å². The van der Waals surface area contributed by atoms with E-state index in [2.05, 4.69) is 0 Å². The molecule has 24 heavy (non-hydrogen) atoms. The molecule has 0 saturated carbocycles. The summed E-state index contributed by atoms with van der Waals surface area (Å²) in [5.74, 6) is -0.199. The summed E-state index contributed by atoms with van der Waals surface area (Å²) in [6.45, 7) is 1.57. The molecule has 0 aliphatic heterocycles. The number of fused-ring (bicyclic) bond motifs is 1. The number of benzene rings is 2. The molecule has 1 N–H and O–H groups in total. The van der Waals surface area contributed by atoms with Gasteiger partial charge in [0.15, 0.2) is 11.0 Å². The molecule has 5 nitrogen and oxygen atoms in total. The van der Waals surface area contributed by atoms with E-state index in [1.54, 1.807) is 25.1 Å². The summed E-state index contributed by atoms with van der Waals surface area (Å²) in [5.41, 5.74) is 1.43. The fraction of sp³-hybridized carbons (Fsp3) is 0.105. The van der Waals surface area contributed by atoms with Crippen molar-refractivity contribution in [2.24, 2.45) is 0 Å². The fourth-order valence-corrected chi connectivity index (χ4v) is 2.53. The molecule has 0 fully saturated rings. The van der Waals surface area contributed by atoms with Crippen molar-refractivity contribution in [1.82, 2.24) is 0 Å². The van der Waals surface area contributed by atoms with Crippen LogP contribution in [0.3, 0.4) is 0 Å². The van der Waals surface area contributed by atoms with Gasteiger partial charge in [-0.3, -0.25) is 4.79 Å². The summed E-state index contributed by atoms with van der Waals surface area (Å²) in [6, 6.07) is 14.0. The van der Waals surface area contributed by atoms with Gasteiger partial charge in [0.25, 0.3) is 0 Å². The zero-order chi connectivity index (χ0) is 17.1. The van der Waals surface area contributed by atoms with Crippen molar-refractivity contribution in [3.05, 3.63) is 69.9 Å². The first-order valence-electron chi connectivity index (χ1n) is 7.41. The first-order chi connectivity index (χ1) is 11.6. The number of hydrogen-bond acceptors (Lipinski definition) is 5. The summed E-state index contributed by atoms with van der Waals surface area (Å²) in [5, 5.41) is 7.28. The fourth-order valence-electron chi connectivity index (χ4n) is 2.53. The van der Waals surface area contributed by atoms with Crippen LogP contribution in [0.4, 0.5) is 0 Å². The minimum atomic E-state index is -0.630. The zero-order valence-electron chi connectivity index (χ0n) is 13.0. The third-order valence-electron chi connectivity index (χ3n) is 3.70. The molecule has 2 aromatic carbocycles. The largest absolute Gasteiger partial charge is 0.456 e.